The number of hydrogen-bond donors (Lipinski definition) is 1. The van der Waals surface area contributed by atoms with E-state index in [1.165, 1.54) is 13.2 Å². The maximum Gasteiger partial charge on any atom is 0.410 e. The molecule has 1 N–H and O–H groups in total. The van der Waals surface area contributed by atoms with Gasteiger partial charge in [-0.15, -0.1) is 0 Å². The lowest BCUT2D eigenvalue weighted by atomic mass is 9.94. The summed E-state index contributed by atoms with van der Waals surface area (Å²) in [4.78, 5) is 34.6. The Hall–Kier alpha value is -4.60. The van der Waals surface area contributed by atoms with Crippen molar-refractivity contribution >= 4 is 33.6 Å². The molecule has 1 amide bonds. The van der Waals surface area contributed by atoms with Gasteiger partial charge in [-0.05, 0) is 107 Å². The van der Waals surface area contributed by atoms with Crippen LogP contribution in [0.4, 0.5) is 19.4 Å². The molecule has 6 heterocycles. The van der Waals surface area contributed by atoms with Gasteiger partial charge < -0.3 is 33.7 Å². The van der Waals surface area contributed by atoms with E-state index in [1.807, 2.05) is 32.6 Å². The largest absolute Gasteiger partial charge is 0.475 e. The minimum Gasteiger partial charge on any atom is -0.475 e. The van der Waals surface area contributed by atoms with E-state index >= 15 is 8.78 Å². The molecule has 4 aromatic rings. The fraction of sp³-hybridized carbons (Fsp3) is 0.581. The molecule has 0 radical (unpaired) electrons. The smallest absolute Gasteiger partial charge is 0.410 e. The number of ether oxygens (including phenoxy) is 5. The van der Waals surface area contributed by atoms with E-state index in [0.29, 0.717) is 58.4 Å². The summed E-state index contributed by atoms with van der Waals surface area (Å²) >= 11 is 0. The second kappa shape index (κ2) is 14.9. The van der Waals surface area contributed by atoms with E-state index in [4.69, 9.17) is 38.6 Å². The van der Waals surface area contributed by atoms with Gasteiger partial charge in [0.05, 0.1) is 31.3 Å². The van der Waals surface area contributed by atoms with E-state index in [9.17, 15) is 9.90 Å². The highest BCUT2D eigenvalue weighted by atomic mass is 19.1. The summed E-state index contributed by atoms with van der Waals surface area (Å²) in [5.41, 5.74) is -0.166. The Kier molecular flexibility index (Phi) is 9.99. The van der Waals surface area contributed by atoms with Gasteiger partial charge in [0, 0.05) is 37.2 Å². The molecule has 15 heteroatoms. The van der Waals surface area contributed by atoms with Crippen molar-refractivity contribution < 1.29 is 42.4 Å². The van der Waals surface area contributed by atoms with Crippen LogP contribution in [-0.4, -0.2) is 119 Å². The number of benzene rings is 2. The molecule has 4 fully saturated rings. The number of aliphatic hydroxyl groups excluding tert-OH is 1. The lowest BCUT2D eigenvalue weighted by molar-refractivity contribution is 0.00537. The zero-order chi connectivity index (χ0) is 40.5. The van der Waals surface area contributed by atoms with Gasteiger partial charge in [-0.2, -0.15) is 9.97 Å². The molecule has 4 aliphatic heterocycles. The first-order valence-corrected chi connectivity index (χ1v) is 20.6. The average Bonchev–Trinajstić information content (AvgIpc) is 3.73. The van der Waals surface area contributed by atoms with Gasteiger partial charge in [0.2, 0.25) is 5.88 Å². The Bertz CT molecular complexity index is 2250. The summed E-state index contributed by atoms with van der Waals surface area (Å²) in [7, 11) is 1.51. The summed E-state index contributed by atoms with van der Waals surface area (Å²) in [5, 5.41) is 11.4. The van der Waals surface area contributed by atoms with Crippen LogP contribution in [0.5, 0.6) is 17.6 Å². The molecule has 0 unspecified atom stereocenters. The SMILES string of the molecule is CCc1c(F)ccc2cc(OCOC)cc(-c3nc4c5c(nc(OCC6(CN7CCC[C@H]7CO)CC6)nc5c3F)N3C[C@H]5CC[C@@H]([C@H]3CO4)N5C(=O)OC(C)(C)C)c12. The second-order valence-corrected chi connectivity index (χ2v) is 17.6. The normalized spacial score (nSPS) is 23.5. The molecular formula is C43H52F2N6O7. The number of carbonyl (C=O) groups excluding carboxylic acids is 1. The van der Waals surface area contributed by atoms with Crippen LogP contribution < -0.4 is 19.1 Å². The second-order valence-electron chi connectivity index (χ2n) is 17.6. The van der Waals surface area contributed by atoms with Crippen molar-refractivity contribution in [3.8, 4) is 28.9 Å². The number of methoxy groups -OCH3 is 1. The van der Waals surface area contributed by atoms with Crippen LogP contribution in [0, 0.1) is 17.0 Å². The van der Waals surface area contributed by atoms with Crippen LogP contribution in [0.3, 0.4) is 0 Å². The van der Waals surface area contributed by atoms with E-state index in [1.54, 1.807) is 18.2 Å². The molecule has 4 atom stereocenters. The number of aromatic nitrogens is 3. The zero-order valence-electron chi connectivity index (χ0n) is 33.9. The maximum absolute atomic E-state index is 17.6. The number of anilines is 1. The highest BCUT2D eigenvalue weighted by Crippen LogP contribution is 2.49. The van der Waals surface area contributed by atoms with Crippen LogP contribution >= 0.6 is 0 Å². The molecular weight excluding hydrogens is 751 g/mol. The number of aryl methyl sites for hydroxylation is 1. The number of amides is 1. The van der Waals surface area contributed by atoms with Crippen molar-refractivity contribution in [2.45, 2.75) is 102 Å². The highest BCUT2D eigenvalue weighted by Gasteiger charge is 2.52. The van der Waals surface area contributed by atoms with E-state index in [-0.39, 0.29) is 78.8 Å². The van der Waals surface area contributed by atoms with Crippen LogP contribution in [0.25, 0.3) is 32.9 Å². The number of hydrogen-bond acceptors (Lipinski definition) is 12. The van der Waals surface area contributed by atoms with Crippen LogP contribution in [-0.2, 0) is 15.9 Å². The molecule has 2 bridgehead atoms. The topological polar surface area (TPSA) is 132 Å². The number of carbonyl (C=O) groups is 1. The Balaban J connectivity index is 1.17. The molecule has 58 heavy (non-hydrogen) atoms. The molecule has 2 aromatic carbocycles. The van der Waals surface area contributed by atoms with Crippen molar-refractivity contribution in [3.63, 3.8) is 0 Å². The van der Waals surface area contributed by atoms with Gasteiger partial charge in [0.15, 0.2) is 12.6 Å². The van der Waals surface area contributed by atoms with Gasteiger partial charge in [0.25, 0.3) is 0 Å². The minimum atomic E-state index is -0.731. The Labute approximate surface area is 336 Å². The number of pyridine rings is 1. The van der Waals surface area contributed by atoms with Gasteiger partial charge in [-0.1, -0.05) is 13.0 Å². The molecule has 5 aliphatic rings. The molecule has 0 spiro atoms. The summed E-state index contributed by atoms with van der Waals surface area (Å²) in [6, 6.07) is 5.86. The number of rotatable bonds is 11. The highest BCUT2D eigenvalue weighted by molar-refractivity contribution is 6.03. The Morgan fingerprint density at radius 3 is 2.62 bits per heavy atom. The zero-order valence-corrected chi connectivity index (χ0v) is 33.9. The molecule has 1 aliphatic carbocycles. The van der Waals surface area contributed by atoms with Crippen molar-refractivity contribution in [1.82, 2.24) is 24.8 Å². The third-order valence-electron chi connectivity index (χ3n) is 12.6. The van der Waals surface area contributed by atoms with Crippen LogP contribution in [0.15, 0.2) is 24.3 Å². The van der Waals surface area contributed by atoms with E-state index in [0.717, 1.165) is 51.6 Å². The summed E-state index contributed by atoms with van der Waals surface area (Å²) in [5.74, 6) is -0.179. The minimum absolute atomic E-state index is 0.0285. The molecule has 310 valence electrons. The summed E-state index contributed by atoms with van der Waals surface area (Å²) in [6.45, 7) is 10.1. The first-order chi connectivity index (χ1) is 27.9. The van der Waals surface area contributed by atoms with E-state index in [2.05, 4.69) is 9.80 Å². The maximum atomic E-state index is 17.6. The van der Waals surface area contributed by atoms with Crippen molar-refractivity contribution in [3.05, 3.63) is 41.5 Å². The number of halogens is 2. The number of likely N-dealkylation sites (tertiary alicyclic amines) is 1. The lowest BCUT2D eigenvalue weighted by Gasteiger charge is -2.46. The van der Waals surface area contributed by atoms with E-state index < -0.39 is 17.2 Å². The van der Waals surface area contributed by atoms with Crippen LogP contribution in [0.2, 0.25) is 0 Å². The molecule has 13 nitrogen and oxygen atoms in total. The first-order valence-electron chi connectivity index (χ1n) is 20.6. The Morgan fingerprint density at radius 2 is 1.88 bits per heavy atom. The van der Waals surface area contributed by atoms with Crippen molar-refractivity contribution in [2.75, 3.05) is 58.3 Å². The van der Waals surface area contributed by atoms with Gasteiger partial charge in [-0.3, -0.25) is 9.80 Å². The number of aliphatic hydroxyl groups is 1. The number of piperazine rings is 1. The molecule has 1 saturated carbocycles. The van der Waals surface area contributed by atoms with Crippen molar-refractivity contribution in [2.24, 2.45) is 5.41 Å². The first kappa shape index (κ1) is 38.9. The number of fused-ring (bicyclic) bond motifs is 6. The predicted molar refractivity (Wildman–Crippen MR) is 212 cm³/mol. The lowest BCUT2D eigenvalue weighted by Crippen LogP contribution is -2.63. The quantitative estimate of drug-likeness (QED) is 0.163. The third kappa shape index (κ3) is 6.92. The monoisotopic (exact) mass is 802 g/mol. The molecule has 2 aromatic heterocycles. The summed E-state index contributed by atoms with van der Waals surface area (Å²) < 4.78 is 63.1. The summed E-state index contributed by atoms with van der Waals surface area (Å²) in [6.07, 6.45) is 5.42. The Morgan fingerprint density at radius 1 is 1.05 bits per heavy atom. The van der Waals surface area contributed by atoms with Gasteiger partial charge in [-0.25, -0.2) is 18.6 Å². The standard InChI is InChI=1S/C43H52F2N6O7/c1-6-28-30(44)11-9-24-16-27(57-23-54-5)17-29(33(24)28)36-35(45)37-34-38(48-40(47-37)56-22-43(13-14-43)21-49-15-7-8-26(49)19-52)50-18-25-10-12-31(32(50)20-55-39(34)46-36)51(25)41(53)58-42(2,3)4/h9,11,16-17,25-26,31-32,52H,6-8,10,12-15,18-23H2,1-5H3/t25-,26+,31+,32-/m1/s1. The third-order valence-corrected chi connectivity index (χ3v) is 12.6. The molecule has 9 rings (SSSR count). The van der Waals surface area contributed by atoms with Crippen LogP contribution in [0.1, 0.15) is 71.8 Å². The molecule has 3 saturated heterocycles. The van der Waals surface area contributed by atoms with Gasteiger partial charge >= 0.3 is 12.1 Å². The predicted octanol–water partition coefficient (Wildman–Crippen LogP) is 6.63. The average molecular weight is 803 g/mol. The number of nitrogens with zero attached hydrogens (tertiary/aromatic N) is 6. The van der Waals surface area contributed by atoms with Crippen molar-refractivity contribution in [1.29, 1.82) is 0 Å². The fourth-order valence-corrected chi connectivity index (χ4v) is 9.62. The van der Waals surface area contributed by atoms with Gasteiger partial charge in [0.1, 0.15) is 46.2 Å². The fourth-order valence-electron chi connectivity index (χ4n) is 9.62.